The van der Waals surface area contributed by atoms with E-state index in [1.807, 2.05) is 26.2 Å². The van der Waals surface area contributed by atoms with Crippen molar-refractivity contribution >= 4 is 21.6 Å². The number of anilines is 1. The van der Waals surface area contributed by atoms with Gasteiger partial charge in [-0.05, 0) is 30.5 Å². The minimum atomic E-state index is 0.244. The largest absolute Gasteiger partial charge is 0.396 e. The third-order valence-corrected chi connectivity index (χ3v) is 2.90. The summed E-state index contributed by atoms with van der Waals surface area (Å²) >= 11 is 3.54. The fourth-order valence-corrected chi connectivity index (χ4v) is 2.02. The van der Waals surface area contributed by atoms with Crippen molar-refractivity contribution in [2.75, 3.05) is 25.6 Å². The Kier molecular flexibility index (Phi) is 4.42. The highest BCUT2D eigenvalue weighted by molar-refractivity contribution is 9.10. The van der Waals surface area contributed by atoms with E-state index in [0.717, 1.165) is 17.3 Å². The van der Waals surface area contributed by atoms with Crippen LogP contribution in [-0.2, 0) is 6.42 Å². The monoisotopic (exact) mass is 257 g/mol. The Hall–Kier alpha value is -0.540. The van der Waals surface area contributed by atoms with Crippen molar-refractivity contribution in [2.24, 2.45) is 0 Å². The van der Waals surface area contributed by atoms with Gasteiger partial charge >= 0.3 is 0 Å². The molecule has 0 fully saturated rings. The maximum Gasteiger partial charge on any atom is 0.0434 e. The Morgan fingerprint density at radius 3 is 2.64 bits per heavy atom. The SMILES string of the molecule is CN(C)c1cccc(Br)c1CCCO. The molecule has 0 saturated heterocycles. The van der Waals surface area contributed by atoms with Crippen LogP contribution in [0, 0.1) is 0 Å². The number of nitrogens with zero attached hydrogens (tertiary/aromatic N) is 1. The van der Waals surface area contributed by atoms with Crippen molar-refractivity contribution < 1.29 is 5.11 Å². The minimum absolute atomic E-state index is 0.244. The van der Waals surface area contributed by atoms with Crippen LogP contribution in [0.2, 0.25) is 0 Å². The smallest absolute Gasteiger partial charge is 0.0434 e. The lowest BCUT2D eigenvalue weighted by molar-refractivity contribution is 0.288. The van der Waals surface area contributed by atoms with Gasteiger partial charge in [0.15, 0.2) is 0 Å². The van der Waals surface area contributed by atoms with Crippen molar-refractivity contribution in [3.05, 3.63) is 28.2 Å². The van der Waals surface area contributed by atoms with Gasteiger partial charge in [-0.25, -0.2) is 0 Å². The molecule has 0 bridgehead atoms. The zero-order valence-corrected chi connectivity index (χ0v) is 10.2. The second kappa shape index (κ2) is 5.37. The second-order valence-electron chi connectivity index (χ2n) is 3.46. The third kappa shape index (κ3) is 2.72. The lowest BCUT2D eigenvalue weighted by Crippen LogP contribution is -2.11. The maximum atomic E-state index is 8.82. The van der Waals surface area contributed by atoms with E-state index in [-0.39, 0.29) is 6.61 Å². The molecule has 0 aliphatic carbocycles. The molecule has 0 aromatic heterocycles. The summed E-state index contributed by atoms with van der Waals surface area (Å²) in [6, 6.07) is 6.17. The van der Waals surface area contributed by atoms with Gasteiger partial charge in [-0.1, -0.05) is 22.0 Å². The molecule has 0 saturated carbocycles. The highest BCUT2D eigenvalue weighted by Gasteiger charge is 2.07. The lowest BCUT2D eigenvalue weighted by atomic mass is 10.1. The molecule has 1 N–H and O–H groups in total. The van der Waals surface area contributed by atoms with Gasteiger partial charge in [-0.3, -0.25) is 0 Å². The molecule has 0 spiro atoms. The Morgan fingerprint density at radius 1 is 1.36 bits per heavy atom. The molecule has 2 nitrogen and oxygen atoms in total. The van der Waals surface area contributed by atoms with Gasteiger partial charge in [-0.15, -0.1) is 0 Å². The molecule has 0 unspecified atom stereocenters. The van der Waals surface area contributed by atoms with E-state index >= 15 is 0 Å². The molecule has 0 radical (unpaired) electrons. The highest BCUT2D eigenvalue weighted by atomic mass is 79.9. The van der Waals surface area contributed by atoms with Crippen molar-refractivity contribution in [1.82, 2.24) is 0 Å². The Labute approximate surface area is 93.7 Å². The average molecular weight is 258 g/mol. The van der Waals surface area contributed by atoms with E-state index in [2.05, 4.69) is 26.9 Å². The zero-order chi connectivity index (χ0) is 10.6. The van der Waals surface area contributed by atoms with E-state index in [9.17, 15) is 0 Å². The first kappa shape index (κ1) is 11.5. The van der Waals surface area contributed by atoms with E-state index in [1.165, 1.54) is 11.3 Å². The summed E-state index contributed by atoms with van der Waals surface area (Å²) in [5.41, 5.74) is 2.49. The molecule has 0 aliphatic rings. The Balaban J connectivity index is 2.96. The van der Waals surface area contributed by atoms with Crippen LogP contribution in [0.4, 0.5) is 5.69 Å². The van der Waals surface area contributed by atoms with Crippen molar-refractivity contribution in [2.45, 2.75) is 12.8 Å². The van der Waals surface area contributed by atoms with Gasteiger partial charge in [0.05, 0.1) is 0 Å². The van der Waals surface area contributed by atoms with Crippen LogP contribution in [0.25, 0.3) is 0 Å². The summed E-state index contributed by atoms with van der Waals surface area (Å²) in [6.07, 6.45) is 1.72. The molecule has 1 aromatic rings. The van der Waals surface area contributed by atoms with Gasteiger partial charge in [-0.2, -0.15) is 0 Å². The third-order valence-electron chi connectivity index (χ3n) is 2.16. The van der Waals surface area contributed by atoms with Crippen molar-refractivity contribution in [3.63, 3.8) is 0 Å². The first-order chi connectivity index (χ1) is 6.66. The maximum absolute atomic E-state index is 8.82. The topological polar surface area (TPSA) is 23.5 Å². The lowest BCUT2D eigenvalue weighted by Gasteiger charge is -2.18. The van der Waals surface area contributed by atoms with E-state index < -0.39 is 0 Å². The van der Waals surface area contributed by atoms with Crippen LogP contribution < -0.4 is 4.90 Å². The molecule has 14 heavy (non-hydrogen) atoms. The molecule has 78 valence electrons. The summed E-state index contributed by atoms with van der Waals surface area (Å²) in [5, 5.41) is 8.82. The van der Waals surface area contributed by atoms with Crippen LogP contribution in [-0.4, -0.2) is 25.8 Å². The molecule has 0 amide bonds. The molecule has 0 aliphatic heterocycles. The summed E-state index contributed by atoms with van der Waals surface area (Å²) in [4.78, 5) is 2.09. The van der Waals surface area contributed by atoms with Crippen LogP contribution in [0.1, 0.15) is 12.0 Å². The highest BCUT2D eigenvalue weighted by Crippen LogP contribution is 2.27. The zero-order valence-electron chi connectivity index (χ0n) is 8.63. The normalized spacial score (nSPS) is 10.3. The molecule has 0 atom stereocenters. The molecule has 1 rings (SSSR count). The average Bonchev–Trinajstić information content (AvgIpc) is 2.15. The summed E-state index contributed by atoms with van der Waals surface area (Å²) in [6.45, 7) is 0.244. The quantitative estimate of drug-likeness (QED) is 0.896. The fraction of sp³-hybridized carbons (Fsp3) is 0.455. The van der Waals surface area contributed by atoms with Crippen LogP contribution in [0.5, 0.6) is 0 Å². The molecule has 0 heterocycles. The van der Waals surface area contributed by atoms with E-state index in [1.54, 1.807) is 0 Å². The van der Waals surface area contributed by atoms with Gasteiger partial charge in [0.1, 0.15) is 0 Å². The van der Waals surface area contributed by atoms with Crippen molar-refractivity contribution in [1.29, 1.82) is 0 Å². The van der Waals surface area contributed by atoms with Gasteiger partial charge < -0.3 is 10.0 Å². The number of hydrogen-bond acceptors (Lipinski definition) is 2. The summed E-state index contributed by atoms with van der Waals surface area (Å²) in [5.74, 6) is 0. The first-order valence-electron chi connectivity index (χ1n) is 4.72. The number of aliphatic hydroxyl groups is 1. The number of benzene rings is 1. The van der Waals surface area contributed by atoms with Gasteiger partial charge in [0, 0.05) is 30.9 Å². The summed E-state index contributed by atoms with van der Waals surface area (Å²) < 4.78 is 1.12. The summed E-state index contributed by atoms with van der Waals surface area (Å²) in [7, 11) is 4.06. The van der Waals surface area contributed by atoms with Crippen LogP contribution in [0.15, 0.2) is 22.7 Å². The molecule has 1 aromatic carbocycles. The predicted octanol–water partition coefficient (Wildman–Crippen LogP) is 2.44. The van der Waals surface area contributed by atoms with Gasteiger partial charge in [0.2, 0.25) is 0 Å². The fourth-order valence-electron chi connectivity index (χ4n) is 1.47. The molecule has 3 heteroatoms. The van der Waals surface area contributed by atoms with E-state index in [4.69, 9.17) is 5.11 Å². The molecular formula is C11H16BrNO. The minimum Gasteiger partial charge on any atom is -0.396 e. The van der Waals surface area contributed by atoms with Crippen LogP contribution >= 0.6 is 15.9 Å². The van der Waals surface area contributed by atoms with E-state index in [0.29, 0.717) is 0 Å². The number of hydrogen-bond donors (Lipinski definition) is 1. The predicted molar refractivity (Wildman–Crippen MR) is 63.9 cm³/mol. The number of aliphatic hydroxyl groups excluding tert-OH is 1. The first-order valence-corrected chi connectivity index (χ1v) is 5.51. The second-order valence-corrected chi connectivity index (χ2v) is 4.31. The standard InChI is InChI=1S/C11H16BrNO/c1-13(2)11-7-3-6-10(12)9(11)5-4-8-14/h3,6-7,14H,4-5,8H2,1-2H3. The Bertz CT molecular complexity index is 299. The van der Waals surface area contributed by atoms with Crippen molar-refractivity contribution in [3.8, 4) is 0 Å². The van der Waals surface area contributed by atoms with Crippen LogP contribution in [0.3, 0.4) is 0 Å². The number of rotatable bonds is 4. The van der Waals surface area contributed by atoms with Gasteiger partial charge in [0.25, 0.3) is 0 Å². The molecular weight excluding hydrogens is 242 g/mol. The Morgan fingerprint density at radius 2 is 2.07 bits per heavy atom. The number of halogens is 1.